The molecule has 0 radical (unpaired) electrons. The zero-order valence-corrected chi connectivity index (χ0v) is 17.8. The first kappa shape index (κ1) is 20.9. The van der Waals surface area contributed by atoms with Crippen LogP contribution in [0.2, 0.25) is 0 Å². The van der Waals surface area contributed by atoms with Crippen molar-refractivity contribution in [3.8, 4) is 0 Å². The highest BCUT2D eigenvalue weighted by Crippen LogP contribution is 2.27. The minimum Gasteiger partial charge on any atom is -0.378 e. The van der Waals surface area contributed by atoms with Crippen LogP contribution in [0.5, 0.6) is 0 Å². The molecule has 9 heteroatoms. The summed E-state index contributed by atoms with van der Waals surface area (Å²) in [5.74, 6) is -1.01. The first-order valence-corrected chi connectivity index (χ1v) is 12.0. The molecule has 30 heavy (non-hydrogen) atoms. The van der Waals surface area contributed by atoms with Gasteiger partial charge in [-0.25, -0.2) is 8.42 Å². The van der Waals surface area contributed by atoms with Gasteiger partial charge >= 0.3 is 0 Å². The molecule has 162 valence electrons. The number of ether oxygens (including phenoxy) is 1. The molecular weight excluding hydrogens is 406 g/mol. The summed E-state index contributed by atoms with van der Waals surface area (Å²) in [5.41, 5.74) is 0.681. The van der Waals surface area contributed by atoms with Crippen molar-refractivity contribution in [2.45, 2.75) is 30.7 Å². The quantitative estimate of drug-likeness (QED) is 0.709. The summed E-state index contributed by atoms with van der Waals surface area (Å²) in [5, 5.41) is 0.540. The van der Waals surface area contributed by atoms with Crippen molar-refractivity contribution >= 4 is 32.6 Å². The Hall–Kier alpha value is -2.39. The lowest BCUT2D eigenvalue weighted by Crippen LogP contribution is -2.43. The molecule has 2 aromatic rings. The molecule has 8 nitrogen and oxygen atoms in total. The Balaban J connectivity index is 1.59. The summed E-state index contributed by atoms with van der Waals surface area (Å²) in [6.45, 7) is 3.23. The number of fused-ring (bicyclic) bond motifs is 1. The van der Waals surface area contributed by atoms with Crippen molar-refractivity contribution in [3.05, 3.63) is 30.5 Å². The Kier molecular flexibility index (Phi) is 6.10. The fourth-order valence-corrected chi connectivity index (χ4v) is 5.58. The van der Waals surface area contributed by atoms with E-state index >= 15 is 0 Å². The zero-order chi connectivity index (χ0) is 21.1. The second-order valence-electron chi connectivity index (χ2n) is 7.83. The minimum atomic E-state index is -3.85. The molecule has 2 amide bonds. The Morgan fingerprint density at radius 3 is 2.30 bits per heavy atom. The van der Waals surface area contributed by atoms with Crippen LogP contribution in [0.25, 0.3) is 10.9 Å². The fourth-order valence-electron chi connectivity index (χ4n) is 4.13. The van der Waals surface area contributed by atoms with Gasteiger partial charge in [0.05, 0.1) is 18.1 Å². The molecular formula is C21H27N3O5S. The lowest BCUT2D eigenvalue weighted by Gasteiger charge is -2.27. The smallest absolute Gasteiger partial charge is 0.242 e. The van der Waals surface area contributed by atoms with E-state index < -0.39 is 21.5 Å². The standard InChI is InChI=1S/C21H27N3O5S/c25-20(22-8-4-1-5-9-22)15-24-14-19(17-6-2-3-7-18(17)24)30(27,28)16-21(26)23-10-12-29-13-11-23/h2-3,6-7,14H,1,4-5,8-13,15-16H2. The average molecular weight is 434 g/mol. The number of morpholine rings is 1. The third kappa shape index (κ3) is 4.37. The second-order valence-corrected chi connectivity index (χ2v) is 9.79. The summed E-state index contributed by atoms with van der Waals surface area (Å²) < 4.78 is 33.1. The van der Waals surface area contributed by atoms with Gasteiger partial charge in [0.2, 0.25) is 11.8 Å². The number of para-hydroxylation sites is 1. The lowest BCUT2D eigenvalue weighted by molar-refractivity contribution is -0.133. The second kappa shape index (κ2) is 8.77. The van der Waals surface area contributed by atoms with Crippen molar-refractivity contribution < 1.29 is 22.7 Å². The van der Waals surface area contributed by atoms with Crippen LogP contribution >= 0.6 is 0 Å². The van der Waals surface area contributed by atoms with E-state index in [4.69, 9.17) is 4.74 Å². The number of likely N-dealkylation sites (tertiary alicyclic amines) is 1. The van der Waals surface area contributed by atoms with Gasteiger partial charge in [-0.15, -0.1) is 0 Å². The van der Waals surface area contributed by atoms with E-state index in [-0.39, 0.29) is 17.3 Å². The number of piperidine rings is 1. The molecule has 2 fully saturated rings. The van der Waals surface area contributed by atoms with Crippen LogP contribution in [-0.2, 0) is 30.7 Å². The highest BCUT2D eigenvalue weighted by atomic mass is 32.2. The largest absolute Gasteiger partial charge is 0.378 e. The van der Waals surface area contributed by atoms with Crippen LogP contribution in [-0.4, -0.2) is 79.7 Å². The number of hydrogen-bond donors (Lipinski definition) is 0. The molecule has 2 saturated heterocycles. The zero-order valence-electron chi connectivity index (χ0n) is 17.0. The number of nitrogens with zero attached hydrogens (tertiary/aromatic N) is 3. The van der Waals surface area contributed by atoms with Gasteiger partial charge in [-0.05, 0) is 25.3 Å². The number of benzene rings is 1. The number of rotatable bonds is 5. The summed E-state index contributed by atoms with van der Waals surface area (Å²) in [7, 11) is -3.85. The fraction of sp³-hybridized carbons (Fsp3) is 0.524. The first-order valence-electron chi connectivity index (χ1n) is 10.4. The molecule has 0 unspecified atom stereocenters. The maximum absolute atomic E-state index is 13.1. The van der Waals surface area contributed by atoms with Crippen LogP contribution in [0, 0.1) is 0 Å². The Labute approximate surface area is 176 Å². The van der Waals surface area contributed by atoms with Crippen molar-refractivity contribution in [2.24, 2.45) is 0 Å². The van der Waals surface area contributed by atoms with Crippen LogP contribution in [0.15, 0.2) is 35.4 Å². The lowest BCUT2D eigenvalue weighted by atomic mass is 10.1. The molecule has 3 heterocycles. The maximum atomic E-state index is 13.1. The molecule has 0 aliphatic carbocycles. The van der Waals surface area contributed by atoms with Gasteiger partial charge in [0.25, 0.3) is 0 Å². The van der Waals surface area contributed by atoms with Gasteiger partial charge in [0.15, 0.2) is 9.84 Å². The summed E-state index contributed by atoms with van der Waals surface area (Å²) in [6.07, 6.45) is 4.65. The molecule has 4 rings (SSSR count). The van der Waals surface area contributed by atoms with Gasteiger partial charge in [-0.3, -0.25) is 9.59 Å². The van der Waals surface area contributed by atoms with Crippen LogP contribution < -0.4 is 0 Å². The number of sulfone groups is 1. The highest BCUT2D eigenvalue weighted by Gasteiger charge is 2.28. The highest BCUT2D eigenvalue weighted by molar-refractivity contribution is 7.92. The van der Waals surface area contributed by atoms with E-state index in [9.17, 15) is 18.0 Å². The first-order chi connectivity index (χ1) is 14.5. The number of amides is 2. The monoisotopic (exact) mass is 433 g/mol. The van der Waals surface area contributed by atoms with Gasteiger partial charge in [-0.2, -0.15) is 0 Å². The van der Waals surface area contributed by atoms with Crippen LogP contribution in [0.4, 0.5) is 0 Å². The summed E-state index contributed by atoms with van der Waals surface area (Å²) in [6, 6.07) is 7.12. The van der Waals surface area contributed by atoms with E-state index in [2.05, 4.69) is 0 Å². The molecule has 2 aliphatic heterocycles. The van der Waals surface area contributed by atoms with Gasteiger partial charge < -0.3 is 19.1 Å². The molecule has 0 atom stereocenters. The summed E-state index contributed by atoms with van der Waals surface area (Å²) >= 11 is 0. The summed E-state index contributed by atoms with van der Waals surface area (Å²) in [4.78, 5) is 28.7. The van der Waals surface area contributed by atoms with E-state index in [0.717, 1.165) is 32.4 Å². The SMILES string of the molecule is O=C(Cn1cc(S(=O)(=O)CC(=O)N2CCOCC2)c2ccccc21)N1CCCCC1. The molecule has 2 aliphatic rings. The maximum Gasteiger partial charge on any atom is 0.242 e. The molecule has 0 spiro atoms. The molecule has 1 aromatic carbocycles. The Bertz CT molecular complexity index is 1030. The van der Waals surface area contributed by atoms with Crippen LogP contribution in [0.3, 0.4) is 0 Å². The van der Waals surface area contributed by atoms with E-state index in [1.165, 1.54) is 11.1 Å². The Morgan fingerprint density at radius 1 is 0.900 bits per heavy atom. The van der Waals surface area contributed by atoms with Gasteiger partial charge in [-0.1, -0.05) is 18.2 Å². The topological polar surface area (TPSA) is 88.9 Å². The van der Waals surface area contributed by atoms with Gasteiger partial charge in [0.1, 0.15) is 12.3 Å². The van der Waals surface area contributed by atoms with E-state index in [1.54, 1.807) is 16.7 Å². The van der Waals surface area contributed by atoms with Crippen molar-refractivity contribution in [2.75, 3.05) is 45.1 Å². The number of carbonyl (C=O) groups excluding carboxylic acids is 2. The minimum absolute atomic E-state index is 0.0104. The van der Waals surface area contributed by atoms with Gasteiger partial charge in [0, 0.05) is 43.3 Å². The molecule has 0 saturated carbocycles. The van der Waals surface area contributed by atoms with Crippen LogP contribution in [0.1, 0.15) is 19.3 Å². The molecule has 1 aromatic heterocycles. The third-order valence-corrected chi connectivity index (χ3v) is 7.40. The van der Waals surface area contributed by atoms with E-state index in [0.29, 0.717) is 37.2 Å². The van der Waals surface area contributed by atoms with Crippen molar-refractivity contribution in [3.63, 3.8) is 0 Å². The number of aromatic nitrogens is 1. The Morgan fingerprint density at radius 2 is 1.57 bits per heavy atom. The molecule has 0 bridgehead atoms. The average Bonchev–Trinajstić information content (AvgIpc) is 3.14. The number of carbonyl (C=O) groups is 2. The third-order valence-electron chi connectivity index (χ3n) is 5.78. The van der Waals surface area contributed by atoms with Crippen molar-refractivity contribution in [1.29, 1.82) is 0 Å². The molecule has 0 N–H and O–H groups in total. The normalized spacial score (nSPS) is 18.0. The van der Waals surface area contributed by atoms with Crippen molar-refractivity contribution in [1.82, 2.24) is 14.4 Å². The predicted molar refractivity (Wildman–Crippen MR) is 112 cm³/mol. The predicted octanol–water partition coefficient (Wildman–Crippen LogP) is 1.29. The van der Waals surface area contributed by atoms with E-state index in [1.807, 2.05) is 17.0 Å². The number of hydrogen-bond acceptors (Lipinski definition) is 5.